The van der Waals surface area contributed by atoms with Crippen molar-refractivity contribution in [1.29, 1.82) is 0 Å². The van der Waals surface area contributed by atoms with E-state index in [9.17, 15) is 0 Å². The minimum absolute atomic E-state index is 0. The molecule has 4 aliphatic carbocycles. The van der Waals surface area contributed by atoms with Crippen LogP contribution in [0.3, 0.4) is 0 Å². The van der Waals surface area contributed by atoms with Gasteiger partial charge in [-0.1, -0.05) is 115 Å². The molecule has 2 atom stereocenters. The second kappa shape index (κ2) is 18.4. The zero-order valence-electron chi connectivity index (χ0n) is 24.6. The van der Waals surface area contributed by atoms with Crippen LogP contribution in [-0.4, -0.2) is 10.3 Å². The van der Waals surface area contributed by atoms with Crippen molar-refractivity contribution < 1.29 is 20.4 Å². The predicted octanol–water partition coefficient (Wildman–Crippen LogP) is 11.5. The molecule has 0 aliphatic heterocycles. The molecule has 4 rings (SSSR count). The molecule has 4 fully saturated rings. The van der Waals surface area contributed by atoms with Gasteiger partial charge in [0.25, 0.3) is 0 Å². The molecule has 0 aromatic heterocycles. The summed E-state index contributed by atoms with van der Waals surface area (Å²) in [6.07, 6.45) is 41.8. The zero-order chi connectivity index (χ0) is 25.7. The van der Waals surface area contributed by atoms with Crippen LogP contribution in [0.2, 0.25) is 0 Å². The first-order chi connectivity index (χ1) is 17.5. The van der Waals surface area contributed by atoms with E-state index in [0.717, 1.165) is 23.7 Å². The number of rotatable bonds is 8. The van der Waals surface area contributed by atoms with E-state index in [0.29, 0.717) is 10.3 Å². The first-order valence-corrected chi connectivity index (χ1v) is 17.6. The van der Waals surface area contributed by atoms with Gasteiger partial charge in [0.1, 0.15) is 0 Å². The van der Waals surface area contributed by atoms with Gasteiger partial charge >= 0.3 is 0 Å². The molecule has 0 aromatic carbocycles. The third-order valence-corrected chi connectivity index (χ3v) is 12.8. The Balaban J connectivity index is 0.000000253. The molecule has 0 bridgehead atoms. The summed E-state index contributed by atoms with van der Waals surface area (Å²) in [5.41, 5.74) is 0. The molecule has 4 aliphatic rings. The molecule has 0 amide bonds. The Morgan fingerprint density at radius 2 is 0.676 bits per heavy atom. The minimum atomic E-state index is 0. The third kappa shape index (κ3) is 10.1. The van der Waals surface area contributed by atoms with Crippen molar-refractivity contribution in [3.63, 3.8) is 0 Å². The summed E-state index contributed by atoms with van der Waals surface area (Å²) in [6.45, 7) is 4.53. The van der Waals surface area contributed by atoms with Crippen LogP contribution >= 0.6 is 18.5 Å². The van der Waals surface area contributed by atoms with E-state index < -0.39 is 0 Å². The van der Waals surface area contributed by atoms with Gasteiger partial charge in [-0.05, 0) is 87.9 Å². The zero-order valence-corrected chi connectivity index (χ0v) is 28.5. The van der Waals surface area contributed by atoms with E-state index in [4.69, 9.17) is 0 Å². The Kier molecular flexibility index (Phi) is 17.0. The molecule has 0 nitrogen and oxygen atoms in total. The molecule has 2 unspecified atom stereocenters. The molecule has 0 aromatic rings. The molecule has 37 heavy (non-hydrogen) atoms. The van der Waals surface area contributed by atoms with Gasteiger partial charge in [-0.25, -0.2) is 0 Å². The van der Waals surface area contributed by atoms with E-state index in [1.54, 1.807) is 0 Å². The maximum absolute atomic E-state index is 3.31. The maximum Gasteiger partial charge on any atom is 0.00831 e. The smallest absolute Gasteiger partial charge is 0.00831 e. The van der Waals surface area contributed by atoms with Crippen LogP contribution in [-0.2, 0) is 20.4 Å². The first kappa shape index (κ1) is 34.2. The monoisotopic (exact) mass is 638 g/mol. The summed E-state index contributed by atoms with van der Waals surface area (Å²) in [5, 5.41) is 0.855. The van der Waals surface area contributed by atoms with Crippen molar-refractivity contribution in [2.24, 2.45) is 23.7 Å². The van der Waals surface area contributed by atoms with Gasteiger partial charge in [0.15, 0.2) is 0 Å². The van der Waals surface area contributed by atoms with Crippen molar-refractivity contribution in [3.05, 3.63) is 24.3 Å². The molecule has 0 radical (unpaired) electrons. The van der Waals surface area contributed by atoms with E-state index in [1.165, 1.54) is 141 Å². The van der Waals surface area contributed by atoms with Crippen molar-refractivity contribution >= 4 is 18.5 Å². The summed E-state index contributed by atoms with van der Waals surface area (Å²) in [7, 11) is 6.63. The van der Waals surface area contributed by atoms with Crippen LogP contribution in [0.5, 0.6) is 0 Å². The average Bonchev–Trinajstić information content (AvgIpc) is 2.97. The van der Waals surface area contributed by atoms with Crippen LogP contribution in [0.25, 0.3) is 0 Å². The van der Waals surface area contributed by atoms with Gasteiger partial charge in [-0.15, -0.1) is 18.5 Å². The minimum Gasteiger partial charge on any atom is -0.126 e. The van der Waals surface area contributed by atoms with Gasteiger partial charge in [0.2, 0.25) is 0 Å². The summed E-state index contributed by atoms with van der Waals surface area (Å²) in [5.74, 6) is 3.73. The summed E-state index contributed by atoms with van der Waals surface area (Å²) < 4.78 is 0. The third-order valence-electron chi connectivity index (χ3n) is 10.5. The molecule has 0 saturated heterocycles. The Morgan fingerprint density at radius 1 is 0.459 bits per heavy atom. The summed E-state index contributed by atoms with van der Waals surface area (Å²) >= 11 is 0. The van der Waals surface area contributed by atoms with Gasteiger partial charge in [-0.3, -0.25) is 0 Å². The van der Waals surface area contributed by atoms with Crippen molar-refractivity contribution in [3.8, 4) is 0 Å². The van der Waals surface area contributed by atoms with Gasteiger partial charge in [0.05, 0.1) is 0 Å². The summed E-state index contributed by atoms with van der Waals surface area (Å²) in [6, 6.07) is 0. The molecule has 0 N–H and O–H groups in total. The van der Waals surface area contributed by atoms with E-state index in [-0.39, 0.29) is 20.4 Å². The van der Waals surface area contributed by atoms with Gasteiger partial charge in [-0.2, -0.15) is 0 Å². The van der Waals surface area contributed by atoms with Crippen LogP contribution in [0.4, 0.5) is 0 Å². The van der Waals surface area contributed by atoms with Crippen LogP contribution < -0.4 is 0 Å². The van der Waals surface area contributed by atoms with Crippen molar-refractivity contribution in [2.45, 2.75) is 165 Å². The predicted molar refractivity (Wildman–Crippen MR) is 170 cm³/mol. The normalized spacial score (nSPS) is 24.1. The van der Waals surface area contributed by atoms with E-state index >= 15 is 0 Å². The molecule has 218 valence electrons. The van der Waals surface area contributed by atoms with Gasteiger partial charge < -0.3 is 0 Å². The molecule has 0 heterocycles. The van der Waals surface area contributed by atoms with Gasteiger partial charge in [0, 0.05) is 30.7 Å². The Labute approximate surface area is 251 Å². The molecular formula is C34H62P2Pd. The van der Waals surface area contributed by atoms with Crippen molar-refractivity contribution in [2.75, 3.05) is 0 Å². The largest absolute Gasteiger partial charge is 0.126 e. The second-order valence-corrected chi connectivity index (χ2v) is 15.0. The van der Waals surface area contributed by atoms with Crippen LogP contribution in [0, 0.1) is 23.7 Å². The van der Waals surface area contributed by atoms with Crippen molar-refractivity contribution in [1.82, 2.24) is 0 Å². The molecule has 4 saturated carbocycles. The number of allylic oxidation sites excluding steroid dienone is 4. The fourth-order valence-electron chi connectivity index (χ4n) is 8.27. The number of hydrogen-bond acceptors (Lipinski definition) is 0. The first-order valence-electron chi connectivity index (χ1n) is 16.5. The molecular weight excluding hydrogens is 577 g/mol. The molecule has 0 spiro atoms. The standard InChI is InChI=1S/2C17H31P.Pd/c2*1-2-3-14-17(18,15-10-6-4-7-11-15)16-12-8-5-9-13-16;/h2*3,14-16H,2,4-13,18H2,1H3;. The Hall–Kier alpha value is 1.00. The van der Waals surface area contributed by atoms with Crippen LogP contribution in [0.15, 0.2) is 24.3 Å². The average molecular weight is 639 g/mol. The maximum atomic E-state index is 3.31. The summed E-state index contributed by atoms with van der Waals surface area (Å²) in [4.78, 5) is 0. The quantitative estimate of drug-likeness (QED) is 0.141. The fraction of sp³-hybridized carbons (Fsp3) is 0.882. The topological polar surface area (TPSA) is 0 Å². The Morgan fingerprint density at radius 3 is 0.865 bits per heavy atom. The SMILES string of the molecule is CCC=CC(P)(C1CCCCC1)C1CCCCC1.CCC=CC(P)(C1CCCCC1)C1CCCCC1.[Pd]. The van der Waals surface area contributed by atoms with E-state index in [2.05, 4.69) is 56.6 Å². The number of hydrogen-bond donors (Lipinski definition) is 0. The Bertz CT molecular complexity index is 540. The fourth-order valence-corrected chi connectivity index (χ4v) is 9.87. The van der Waals surface area contributed by atoms with Crippen LogP contribution in [0.1, 0.15) is 155 Å². The van der Waals surface area contributed by atoms with E-state index in [1.807, 2.05) is 0 Å². The molecule has 3 heteroatoms. The second-order valence-electron chi connectivity index (χ2n) is 13.0.